The summed E-state index contributed by atoms with van der Waals surface area (Å²) in [5.41, 5.74) is 1.12. The zero-order valence-corrected chi connectivity index (χ0v) is 13.0. The highest BCUT2D eigenvalue weighted by atomic mass is 79.9. The van der Waals surface area contributed by atoms with Crippen molar-refractivity contribution in [1.29, 1.82) is 0 Å². The van der Waals surface area contributed by atoms with Crippen molar-refractivity contribution in [3.63, 3.8) is 0 Å². The third-order valence-electron chi connectivity index (χ3n) is 2.57. The Morgan fingerprint density at radius 1 is 1.39 bits per heavy atom. The van der Waals surface area contributed by atoms with Gasteiger partial charge in [-0.3, -0.25) is 4.79 Å². The Balaban J connectivity index is 2.27. The Bertz CT molecular complexity index is 610. The van der Waals surface area contributed by atoms with Gasteiger partial charge in [-0.2, -0.15) is 0 Å². The van der Waals surface area contributed by atoms with Gasteiger partial charge in [0.2, 0.25) is 0 Å². The number of pyridine rings is 1. The minimum atomic E-state index is -0.00860. The maximum Gasteiger partial charge on any atom is 0.250 e. The Morgan fingerprint density at radius 3 is 2.72 bits per heavy atom. The van der Waals surface area contributed by atoms with Gasteiger partial charge in [-0.15, -0.1) is 11.3 Å². The first kappa shape index (κ1) is 13.5. The largest absolute Gasteiger partial charge is 0.308 e. The molecule has 0 saturated carbocycles. The Labute approximate surface area is 119 Å². The maximum absolute atomic E-state index is 11.7. The SMILES string of the molecule is CC(C)(C)c1csc(Cn2cc(Br)ccc2=O)n1. The average Bonchev–Trinajstić information content (AvgIpc) is 2.71. The van der Waals surface area contributed by atoms with Gasteiger partial charge in [-0.25, -0.2) is 4.98 Å². The lowest BCUT2D eigenvalue weighted by Crippen LogP contribution is -2.19. The number of thiazole rings is 1. The van der Waals surface area contributed by atoms with Crippen molar-refractivity contribution >= 4 is 27.3 Å². The molecule has 0 aliphatic carbocycles. The minimum absolute atomic E-state index is 0.00860. The molecule has 18 heavy (non-hydrogen) atoms. The van der Waals surface area contributed by atoms with Crippen LogP contribution in [0, 0.1) is 0 Å². The van der Waals surface area contributed by atoms with Crippen molar-refractivity contribution in [1.82, 2.24) is 9.55 Å². The van der Waals surface area contributed by atoms with Crippen LogP contribution < -0.4 is 5.56 Å². The van der Waals surface area contributed by atoms with Crippen molar-refractivity contribution in [2.75, 3.05) is 0 Å². The molecular formula is C13H15BrN2OS. The van der Waals surface area contributed by atoms with E-state index in [1.54, 1.807) is 34.2 Å². The smallest absolute Gasteiger partial charge is 0.250 e. The van der Waals surface area contributed by atoms with Gasteiger partial charge in [0.25, 0.3) is 5.56 Å². The van der Waals surface area contributed by atoms with Crippen LogP contribution in [0.4, 0.5) is 0 Å². The van der Waals surface area contributed by atoms with Crippen LogP contribution in [0.3, 0.4) is 0 Å². The van der Waals surface area contributed by atoms with Gasteiger partial charge >= 0.3 is 0 Å². The van der Waals surface area contributed by atoms with Crippen LogP contribution in [0.1, 0.15) is 31.5 Å². The molecule has 0 radical (unpaired) electrons. The van der Waals surface area contributed by atoms with Crippen LogP contribution in [0.5, 0.6) is 0 Å². The quantitative estimate of drug-likeness (QED) is 0.847. The van der Waals surface area contributed by atoms with Gasteiger partial charge in [0.1, 0.15) is 5.01 Å². The van der Waals surface area contributed by atoms with Crippen molar-refractivity contribution in [2.24, 2.45) is 0 Å². The molecule has 0 atom stereocenters. The Hall–Kier alpha value is -0.940. The molecule has 0 saturated heterocycles. The van der Waals surface area contributed by atoms with Crippen LogP contribution in [0.15, 0.2) is 33.0 Å². The zero-order chi connectivity index (χ0) is 13.3. The third-order valence-corrected chi connectivity index (χ3v) is 3.88. The predicted molar refractivity (Wildman–Crippen MR) is 78.3 cm³/mol. The third kappa shape index (κ3) is 3.09. The van der Waals surface area contributed by atoms with Crippen LogP contribution >= 0.6 is 27.3 Å². The van der Waals surface area contributed by atoms with E-state index < -0.39 is 0 Å². The molecule has 0 fully saturated rings. The summed E-state index contributed by atoms with van der Waals surface area (Å²) in [7, 11) is 0. The van der Waals surface area contributed by atoms with Gasteiger partial charge in [-0.05, 0) is 22.0 Å². The summed E-state index contributed by atoms with van der Waals surface area (Å²) in [5.74, 6) is 0. The highest BCUT2D eigenvalue weighted by Gasteiger charge is 2.17. The number of hydrogen-bond donors (Lipinski definition) is 0. The van der Waals surface area contributed by atoms with Crippen LogP contribution in [0.2, 0.25) is 0 Å². The molecule has 0 spiro atoms. The first-order valence-corrected chi connectivity index (χ1v) is 7.34. The lowest BCUT2D eigenvalue weighted by molar-refractivity contribution is 0.569. The van der Waals surface area contributed by atoms with Crippen molar-refractivity contribution in [3.8, 4) is 0 Å². The van der Waals surface area contributed by atoms with Gasteiger partial charge < -0.3 is 4.57 Å². The number of aromatic nitrogens is 2. The second-order valence-corrected chi connectivity index (χ2v) is 7.05. The first-order valence-electron chi connectivity index (χ1n) is 5.67. The fraction of sp³-hybridized carbons (Fsp3) is 0.385. The number of halogens is 1. The average molecular weight is 327 g/mol. The second-order valence-electron chi connectivity index (χ2n) is 5.19. The van der Waals surface area contributed by atoms with Crippen LogP contribution in [-0.2, 0) is 12.0 Å². The number of hydrogen-bond acceptors (Lipinski definition) is 3. The van der Waals surface area contributed by atoms with E-state index in [0.29, 0.717) is 6.54 Å². The summed E-state index contributed by atoms with van der Waals surface area (Å²) in [6.07, 6.45) is 1.79. The molecule has 5 heteroatoms. The maximum atomic E-state index is 11.7. The molecule has 2 aromatic heterocycles. The molecule has 0 N–H and O–H groups in total. The lowest BCUT2D eigenvalue weighted by Gasteiger charge is -2.14. The van der Waals surface area contributed by atoms with E-state index >= 15 is 0 Å². The summed E-state index contributed by atoms with van der Waals surface area (Å²) < 4.78 is 2.56. The fourth-order valence-corrected chi connectivity index (χ4v) is 2.90. The normalized spacial score (nSPS) is 11.8. The fourth-order valence-electron chi connectivity index (χ4n) is 1.50. The van der Waals surface area contributed by atoms with E-state index in [-0.39, 0.29) is 11.0 Å². The van der Waals surface area contributed by atoms with E-state index in [2.05, 4.69) is 47.1 Å². The molecule has 3 nitrogen and oxygen atoms in total. The molecule has 0 unspecified atom stereocenters. The molecule has 0 aliphatic rings. The molecule has 0 aliphatic heterocycles. The van der Waals surface area contributed by atoms with Crippen molar-refractivity contribution in [2.45, 2.75) is 32.7 Å². The van der Waals surface area contributed by atoms with Gasteiger partial charge in [0, 0.05) is 27.5 Å². The molecule has 0 aromatic carbocycles. The molecule has 0 amide bonds. The molecule has 2 aromatic rings. The highest BCUT2D eigenvalue weighted by Crippen LogP contribution is 2.24. The van der Waals surface area contributed by atoms with Crippen LogP contribution in [-0.4, -0.2) is 9.55 Å². The predicted octanol–water partition coefficient (Wildman–Crippen LogP) is 3.41. The van der Waals surface area contributed by atoms with E-state index in [1.165, 1.54) is 0 Å². The first-order chi connectivity index (χ1) is 8.36. The zero-order valence-electron chi connectivity index (χ0n) is 10.6. The summed E-state index contributed by atoms with van der Waals surface area (Å²) >= 11 is 4.97. The lowest BCUT2D eigenvalue weighted by atomic mass is 9.93. The standard InChI is InChI=1S/C13H15BrN2OS/c1-13(2,3)10-8-18-11(15-10)7-16-6-9(14)4-5-12(16)17/h4-6,8H,7H2,1-3H3. The molecule has 0 bridgehead atoms. The summed E-state index contributed by atoms with van der Waals surface area (Å²) in [6, 6.07) is 3.31. The molecule has 2 rings (SSSR count). The van der Waals surface area contributed by atoms with Crippen molar-refractivity contribution < 1.29 is 0 Å². The highest BCUT2D eigenvalue weighted by molar-refractivity contribution is 9.10. The Morgan fingerprint density at radius 2 is 2.11 bits per heavy atom. The van der Waals surface area contributed by atoms with Gasteiger partial charge in [0.05, 0.1) is 12.2 Å². The Kier molecular flexibility index (Phi) is 3.73. The number of rotatable bonds is 2. The summed E-state index contributed by atoms with van der Waals surface area (Å²) in [6.45, 7) is 6.93. The second kappa shape index (κ2) is 4.97. The molecule has 96 valence electrons. The molecular weight excluding hydrogens is 312 g/mol. The topological polar surface area (TPSA) is 34.9 Å². The summed E-state index contributed by atoms with van der Waals surface area (Å²) in [5, 5.41) is 3.03. The minimum Gasteiger partial charge on any atom is -0.308 e. The molecule has 2 heterocycles. The summed E-state index contributed by atoms with van der Waals surface area (Å²) in [4.78, 5) is 16.3. The van der Waals surface area contributed by atoms with Gasteiger partial charge in [-0.1, -0.05) is 20.8 Å². The van der Waals surface area contributed by atoms with E-state index in [9.17, 15) is 4.79 Å². The van der Waals surface area contributed by atoms with Crippen LogP contribution in [0.25, 0.3) is 0 Å². The van der Waals surface area contributed by atoms with E-state index in [1.807, 2.05) is 0 Å². The van der Waals surface area contributed by atoms with E-state index in [4.69, 9.17) is 0 Å². The monoisotopic (exact) mass is 326 g/mol. The van der Waals surface area contributed by atoms with Crippen molar-refractivity contribution in [3.05, 3.63) is 49.2 Å². The van der Waals surface area contributed by atoms with Gasteiger partial charge in [0.15, 0.2) is 0 Å². The number of nitrogens with zero attached hydrogens (tertiary/aromatic N) is 2. The van der Waals surface area contributed by atoms with E-state index in [0.717, 1.165) is 15.2 Å².